The molecule has 1 aliphatic rings. The zero-order valence-corrected chi connectivity index (χ0v) is 11.7. The lowest BCUT2D eigenvalue weighted by atomic mass is 10.1. The van der Waals surface area contributed by atoms with E-state index in [1.54, 1.807) is 17.0 Å². The van der Waals surface area contributed by atoms with Gasteiger partial charge >= 0.3 is 5.97 Å². The second-order valence-corrected chi connectivity index (χ2v) is 5.01. The van der Waals surface area contributed by atoms with E-state index in [2.05, 4.69) is 23.9 Å². The van der Waals surface area contributed by atoms with Gasteiger partial charge < -0.3 is 10.0 Å². The number of carbonyl (C=O) groups is 2. The summed E-state index contributed by atoms with van der Waals surface area (Å²) in [5.41, 5.74) is 0.0984. The molecular formula is C14H19N3O3. The lowest BCUT2D eigenvalue weighted by Gasteiger charge is -2.38. The van der Waals surface area contributed by atoms with Crippen molar-refractivity contribution in [2.45, 2.75) is 19.4 Å². The average Bonchev–Trinajstić information content (AvgIpc) is 2.47. The molecule has 1 atom stereocenters. The maximum absolute atomic E-state index is 12.4. The van der Waals surface area contributed by atoms with E-state index in [0.717, 1.165) is 13.0 Å². The highest BCUT2D eigenvalue weighted by molar-refractivity contribution is 5.94. The molecule has 1 N–H and O–H groups in total. The lowest BCUT2D eigenvalue weighted by molar-refractivity contribution is 0.0536. The predicted molar refractivity (Wildman–Crippen MR) is 73.8 cm³/mol. The molecule has 2 heterocycles. The second kappa shape index (κ2) is 6.00. The summed E-state index contributed by atoms with van der Waals surface area (Å²) in [6.45, 7) is 4.22. The number of carboxylic acid groups (broad SMARTS) is 1. The Morgan fingerprint density at radius 3 is 2.70 bits per heavy atom. The van der Waals surface area contributed by atoms with Crippen LogP contribution in [0, 0.1) is 0 Å². The minimum absolute atomic E-state index is 0.1000. The van der Waals surface area contributed by atoms with E-state index in [4.69, 9.17) is 5.11 Å². The number of likely N-dealkylation sites (N-methyl/N-ethyl adjacent to an activating group) is 1. The number of aromatic carboxylic acids is 1. The molecule has 1 fully saturated rings. The van der Waals surface area contributed by atoms with Crippen molar-refractivity contribution in [1.29, 1.82) is 0 Å². The van der Waals surface area contributed by atoms with Gasteiger partial charge in [0.25, 0.3) is 5.91 Å². The Hall–Kier alpha value is -1.95. The van der Waals surface area contributed by atoms with Crippen LogP contribution < -0.4 is 0 Å². The van der Waals surface area contributed by atoms with E-state index < -0.39 is 5.97 Å². The monoisotopic (exact) mass is 277 g/mol. The first-order chi connectivity index (χ1) is 9.52. The number of amides is 1. The van der Waals surface area contributed by atoms with Gasteiger partial charge in [-0.05, 0) is 25.6 Å². The fraction of sp³-hybridized carbons (Fsp3) is 0.500. The molecule has 0 aliphatic carbocycles. The number of nitrogens with zero attached hydrogens (tertiary/aromatic N) is 3. The third kappa shape index (κ3) is 2.96. The van der Waals surface area contributed by atoms with Crippen LogP contribution in [0.4, 0.5) is 0 Å². The van der Waals surface area contributed by atoms with E-state index >= 15 is 0 Å². The van der Waals surface area contributed by atoms with Gasteiger partial charge in [0.15, 0.2) is 0 Å². The van der Waals surface area contributed by atoms with Crippen molar-refractivity contribution < 1.29 is 14.7 Å². The smallest absolute Gasteiger partial charge is 0.354 e. The molecule has 6 nitrogen and oxygen atoms in total. The Morgan fingerprint density at radius 2 is 2.05 bits per heavy atom. The first-order valence-corrected chi connectivity index (χ1v) is 6.72. The lowest BCUT2D eigenvalue weighted by Crippen LogP contribution is -2.53. The summed E-state index contributed by atoms with van der Waals surface area (Å²) in [5, 5.41) is 8.92. The van der Waals surface area contributed by atoms with Gasteiger partial charge in [-0.1, -0.05) is 13.0 Å². The number of hydrogen-bond donors (Lipinski definition) is 1. The molecule has 1 amide bonds. The van der Waals surface area contributed by atoms with Crippen LogP contribution in [0.5, 0.6) is 0 Å². The van der Waals surface area contributed by atoms with Crippen molar-refractivity contribution in [2.75, 3.05) is 26.7 Å². The van der Waals surface area contributed by atoms with Crippen molar-refractivity contribution in [2.24, 2.45) is 0 Å². The van der Waals surface area contributed by atoms with E-state index in [0.29, 0.717) is 19.1 Å². The Labute approximate surface area is 118 Å². The molecule has 1 aromatic heterocycles. The molecule has 1 unspecified atom stereocenters. The highest BCUT2D eigenvalue weighted by Crippen LogP contribution is 2.13. The van der Waals surface area contributed by atoms with Crippen LogP contribution in [0.15, 0.2) is 18.2 Å². The molecule has 2 rings (SSSR count). The van der Waals surface area contributed by atoms with Crippen LogP contribution in [0.2, 0.25) is 0 Å². The molecule has 0 radical (unpaired) electrons. The normalized spacial score (nSPS) is 19.9. The molecule has 1 saturated heterocycles. The summed E-state index contributed by atoms with van der Waals surface area (Å²) in [5.74, 6) is -1.32. The summed E-state index contributed by atoms with van der Waals surface area (Å²) < 4.78 is 0. The molecular weight excluding hydrogens is 258 g/mol. The van der Waals surface area contributed by atoms with Gasteiger partial charge in [0, 0.05) is 25.7 Å². The molecule has 1 aliphatic heterocycles. The van der Waals surface area contributed by atoms with Crippen LogP contribution in [0.3, 0.4) is 0 Å². The molecule has 0 saturated carbocycles. The number of hydrogen-bond acceptors (Lipinski definition) is 4. The fourth-order valence-electron chi connectivity index (χ4n) is 2.41. The van der Waals surface area contributed by atoms with Gasteiger partial charge in [-0.3, -0.25) is 9.69 Å². The van der Waals surface area contributed by atoms with Crippen molar-refractivity contribution in [3.63, 3.8) is 0 Å². The van der Waals surface area contributed by atoms with Gasteiger partial charge in [0.1, 0.15) is 11.4 Å². The molecule has 0 spiro atoms. The van der Waals surface area contributed by atoms with E-state index in [1.165, 1.54) is 6.07 Å². The van der Waals surface area contributed by atoms with E-state index in [-0.39, 0.29) is 17.3 Å². The highest BCUT2D eigenvalue weighted by atomic mass is 16.4. The van der Waals surface area contributed by atoms with Crippen molar-refractivity contribution in [1.82, 2.24) is 14.8 Å². The summed E-state index contributed by atoms with van der Waals surface area (Å²) in [7, 11) is 2.05. The summed E-state index contributed by atoms with van der Waals surface area (Å²) in [6.07, 6.45) is 0.975. The second-order valence-electron chi connectivity index (χ2n) is 5.01. The molecule has 1 aromatic rings. The highest BCUT2D eigenvalue weighted by Gasteiger charge is 2.27. The van der Waals surface area contributed by atoms with Gasteiger partial charge in [0.2, 0.25) is 0 Å². The van der Waals surface area contributed by atoms with Gasteiger partial charge in [-0.15, -0.1) is 0 Å². The van der Waals surface area contributed by atoms with Crippen LogP contribution in [0.25, 0.3) is 0 Å². The Kier molecular flexibility index (Phi) is 4.34. The Morgan fingerprint density at radius 1 is 1.35 bits per heavy atom. The first kappa shape index (κ1) is 14.5. The van der Waals surface area contributed by atoms with Gasteiger partial charge in [0.05, 0.1) is 0 Å². The van der Waals surface area contributed by atoms with Gasteiger partial charge in [-0.2, -0.15) is 0 Å². The van der Waals surface area contributed by atoms with Crippen molar-refractivity contribution >= 4 is 11.9 Å². The standard InChI is InChI=1S/C14H19N3O3/c1-3-10-9-17(8-7-16(10)2)13(18)11-5-4-6-12(15-11)14(19)20/h4-6,10H,3,7-9H2,1-2H3,(H,19,20). The van der Waals surface area contributed by atoms with Crippen LogP contribution >= 0.6 is 0 Å². The Bertz CT molecular complexity index is 518. The van der Waals surface area contributed by atoms with Crippen LogP contribution in [0.1, 0.15) is 34.3 Å². The number of carboxylic acids is 1. The number of piperazine rings is 1. The largest absolute Gasteiger partial charge is 0.477 e. The Balaban J connectivity index is 2.15. The first-order valence-electron chi connectivity index (χ1n) is 6.72. The average molecular weight is 277 g/mol. The summed E-state index contributed by atoms with van der Waals surface area (Å²) in [6, 6.07) is 4.85. The fourth-order valence-corrected chi connectivity index (χ4v) is 2.41. The number of rotatable bonds is 3. The maximum Gasteiger partial charge on any atom is 0.354 e. The maximum atomic E-state index is 12.4. The van der Waals surface area contributed by atoms with Crippen LogP contribution in [-0.2, 0) is 0 Å². The molecule has 0 bridgehead atoms. The summed E-state index contributed by atoms with van der Waals surface area (Å²) in [4.78, 5) is 31.2. The van der Waals surface area contributed by atoms with Crippen LogP contribution in [-0.4, -0.2) is 64.5 Å². The van der Waals surface area contributed by atoms with Crippen molar-refractivity contribution in [3.05, 3.63) is 29.6 Å². The molecule has 6 heteroatoms. The zero-order chi connectivity index (χ0) is 14.7. The third-order valence-electron chi connectivity index (χ3n) is 3.72. The van der Waals surface area contributed by atoms with Crippen molar-refractivity contribution in [3.8, 4) is 0 Å². The number of aromatic nitrogens is 1. The SMILES string of the molecule is CCC1CN(C(=O)c2cccc(C(=O)O)n2)CCN1C. The predicted octanol–water partition coefficient (Wildman–Crippen LogP) is 0.946. The zero-order valence-electron chi connectivity index (χ0n) is 11.7. The minimum Gasteiger partial charge on any atom is -0.477 e. The molecule has 108 valence electrons. The number of pyridine rings is 1. The molecule has 20 heavy (non-hydrogen) atoms. The van der Waals surface area contributed by atoms with Gasteiger partial charge in [-0.25, -0.2) is 9.78 Å². The summed E-state index contributed by atoms with van der Waals surface area (Å²) >= 11 is 0. The van der Waals surface area contributed by atoms with E-state index in [1.807, 2.05) is 0 Å². The topological polar surface area (TPSA) is 73.7 Å². The minimum atomic E-state index is -1.12. The quantitative estimate of drug-likeness (QED) is 0.890. The van der Waals surface area contributed by atoms with E-state index in [9.17, 15) is 9.59 Å². The third-order valence-corrected chi connectivity index (χ3v) is 3.72. The number of carbonyl (C=O) groups excluding carboxylic acids is 1. The molecule has 0 aromatic carbocycles.